The zero-order valence-electron chi connectivity index (χ0n) is 17.7. The monoisotopic (exact) mass is 456 g/mol. The Morgan fingerprint density at radius 2 is 2.06 bits per heavy atom. The minimum absolute atomic E-state index is 0.0108. The van der Waals surface area contributed by atoms with Crippen molar-refractivity contribution in [3.8, 4) is 5.75 Å². The molecule has 4 rings (SSSR count). The van der Waals surface area contributed by atoms with E-state index in [4.69, 9.17) is 25.5 Å². The number of benzene rings is 2. The van der Waals surface area contributed by atoms with E-state index < -0.39 is 0 Å². The largest absolute Gasteiger partial charge is 0.491 e. The van der Waals surface area contributed by atoms with Crippen LogP contribution in [0.25, 0.3) is 10.6 Å². The van der Waals surface area contributed by atoms with E-state index in [1.165, 1.54) is 18.7 Å². The lowest BCUT2D eigenvalue weighted by molar-refractivity contribution is -0.117. The van der Waals surface area contributed by atoms with Gasteiger partial charge in [-0.05, 0) is 36.2 Å². The summed E-state index contributed by atoms with van der Waals surface area (Å²) in [7, 11) is 1.59. The molecule has 0 unspecified atom stereocenters. The van der Waals surface area contributed by atoms with Crippen LogP contribution in [0, 0.1) is 12.7 Å². The number of aromatic nitrogens is 1. The lowest BCUT2D eigenvalue weighted by atomic mass is 10.1. The Morgan fingerprint density at radius 1 is 1.22 bits per heavy atom. The fraction of sp³-hybridized carbons (Fsp3) is 0.250. The van der Waals surface area contributed by atoms with E-state index in [0.717, 1.165) is 0 Å². The molecule has 0 N–H and O–H groups in total. The molecule has 6 nitrogen and oxygen atoms in total. The number of anilines is 1. The fourth-order valence-corrected chi connectivity index (χ4v) is 3.84. The summed E-state index contributed by atoms with van der Waals surface area (Å²) in [6.45, 7) is 2.67. The molecule has 1 aliphatic heterocycles. The number of fused-ring (bicyclic) bond motifs is 1. The van der Waals surface area contributed by atoms with Gasteiger partial charge in [0, 0.05) is 24.3 Å². The van der Waals surface area contributed by atoms with Crippen LogP contribution in [0.15, 0.2) is 53.4 Å². The summed E-state index contributed by atoms with van der Waals surface area (Å²) >= 11 is 6.76. The molecular formula is C24H22ClFN2O4. The van der Waals surface area contributed by atoms with E-state index >= 15 is 0 Å². The predicted octanol–water partition coefficient (Wildman–Crippen LogP) is 5.19. The first-order valence-electron chi connectivity index (χ1n) is 10.1. The van der Waals surface area contributed by atoms with Crippen molar-refractivity contribution < 1.29 is 23.1 Å². The average molecular weight is 457 g/mol. The summed E-state index contributed by atoms with van der Waals surface area (Å²) in [4.78, 5) is 18.9. The number of carbonyl (C=O) groups is 1. The van der Waals surface area contributed by atoms with Crippen LogP contribution in [0.5, 0.6) is 5.75 Å². The normalized spacial score (nSPS) is 13.9. The van der Waals surface area contributed by atoms with Crippen molar-refractivity contribution in [2.75, 3.05) is 25.2 Å². The van der Waals surface area contributed by atoms with Gasteiger partial charge >= 0.3 is 0 Å². The number of aryl methyl sites for hydroxylation is 1. The van der Waals surface area contributed by atoms with Gasteiger partial charge in [-0.25, -0.2) is 9.37 Å². The summed E-state index contributed by atoms with van der Waals surface area (Å²) in [5, 5.41) is 0.395. The van der Waals surface area contributed by atoms with Crippen LogP contribution in [-0.2, 0) is 16.1 Å². The molecular weight excluding hydrogens is 435 g/mol. The van der Waals surface area contributed by atoms with Gasteiger partial charge in [-0.2, -0.15) is 0 Å². The summed E-state index contributed by atoms with van der Waals surface area (Å²) in [6.07, 6.45) is 2.83. The second-order valence-corrected chi connectivity index (χ2v) is 7.80. The summed E-state index contributed by atoms with van der Waals surface area (Å²) < 4.78 is 30.4. The highest BCUT2D eigenvalue weighted by molar-refractivity contribution is 6.53. The van der Waals surface area contributed by atoms with Gasteiger partial charge in [0.15, 0.2) is 12.2 Å². The number of halogens is 2. The van der Waals surface area contributed by atoms with Crippen LogP contribution in [0.2, 0.25) is 0 Å². The van der Waals surface area contributed by atoms with Gasteiger partial charge < -0.3 is 18.8 Å². The molecule has 2 heterocycles. The van der Waals surface area contributed by atoms with Crippen molar-refractivity contribution in [3.05, 3.63) is 77.3 Å². The number of oxazole rings is 1. The van der Waals surface area contributed by atoms with Crippen LogP contribution in [0.3, 0.4) is 0 Å². The minimum Gasteiger partial charge on any atom is -0.491 e. The van der Waals surface area contributed by atoms with Gasteiger partial charge in [-0.15, -0.1) is 0 Å². The third-order valence-electron chi connectivity index (χ3n) is 5.25. The first-order chi connectivity index (χ1) is 15.5. The highest BCUT2D eigenvalue weighted by Crippen LogP contribution is 2.42. The van der Waals surface area contributed by atoms with Crippen LogP contribution in [0.4, 0.5) is 10.1 Å². The fourth-order valence-electron chi connectivity index (χ4n) is 3.52. The average Bonchev–Trinajstić information content (AvgIpc) is 3.29. The summed E-state index contributed by atoms with van der Waals surface area (Å²) in [5.74, 6) is 0.475. The van der Waals surface area contributed by atoms with E-state index in [2.05, 4.69) is 4.98 Å². The quantitative estimate of drug-likeness (QED) is 0.458. The SMILES string of the molecule is COCCOc1ccc2c(c1)N(Cc1ccc(C)c(F)c1)C(=O)CC(c1cnco1)=C2Cl. The molecule has 0 saturated heterocycles. The zero-order chi connectivity index (χ0) is 22.7. The van der Waals surface area contributed by atoms with Crippen LogP contribution in [-0.4, -0.2) is 31.2 Å². The molecule has 0 fully saturated rings. The lowest BCUT2D eigenvalue weighted by Crippen LogP contribution is -2.30. The molecule has 0 saturated carbocycles. The van der Waals surface area contributed by atoms with Gasteiger partial charge in [-0.3, -0.25) is 4.79 Å². The van der Waals surface area contributed by atoms with Crippen molar-refractivity contribution in [3.63, 3.8) is 0 Å². The first kappa shape index (κ1) is 22.0. The third kappa shape index (κ3) is 4.54. The molecule has 0 spiro atoms. The van der Waals surface area contributed by atoms with Gasteiger partial charge in [0.1, 0.15) is 18.2 Å². The standard InChI is InChI=1S/C24H22ClFN2O4/c1-15-3-4-16(9-20(15)26)13-28-21-10-17(31-8-7-30-2)5-6-18(21)24(25)19(11-23(28)29)22-12-27-14-32-22/h3-6,9-10,12,14H,7-8,11,13H2,1-2H3. The van der Waals surface area contributed by atoms with Crippen molar-refractivity contribution in [1.82, 2.24) is 4.98 Å². The summed E-state index contributed by atoms with van der Waals surface area (Å²) in [6, 6.07) is 10.3. The molecule has 166 valence electrons. The highest BCUT2D eigenvalue weighted by atomic mass is 35.5. The Bertz CT molecular complexity index is 1160. The molecule has 3 aromatic rings. The lowest BCUT2D eigenvalue weighted by Gasteiger charge is -2.24. The smallest absolute Gasteiger partial charge is 0.231 e. The van der Waals surface area contributed by atoms with E-state index in [0.29, 0.717) is 57.7 Å². The van der Waals surface area contributed by atoms with Crippen molar-refractivity contribution >= 4 is 33.8 Å². The second kappa shape index (κ2) is 9.54. The van der Waals surface area contributed by atoms with Crippen LogP contribution in [0.1, 0.15) is 28.9 Å². The van der Waals surface area contributed by atoms with Gasteiger partial charge in [-0.1, -0.05) is 23.7 Å². The number of ether oxygens (including phenoxy) is 2. The van der Waals surface area contributed by atoms with Crippen molar-refractivity contribution in [2.45, 2.75) is 19.9 Å². The number of hydrogen-bond donors (Lipinski definition) is 0. The Kier molecular flexibility index (Phi) is 6.58. The second-order valence-electron chi connectivity index (χ2n) is 7.42. The number of methoxy groups -OCH3 is 1. The van der Waals surface area contributed by atoms with Crippen molar-refractivity contribution in [1.29, 1.82) is 0 Å². The predicted molar refractivity (Wildman–Crippen MR) is 120 cm³/mol. The molecule has 1 aliphatic rings. The maximum absolute atomic E-state index is 14.2. The molecule has 0 radical (unpaired) electrons. The molecule has 0 bridgehead atoms. The number of rotatable bonds is 7. The van der Waals surface area contributed by atoms with Gasteiger partial charge in [0.05, 0.1) is 36.5 Å². The van der Waals surface area contributed by atoms with E-state index in [1.54, 1.807) is 43.2 Å². The molecule has 1 amide bonds. The Balaban J connectivity index is 1.78. The Morgan fingerprint density at radius 3 is 2.78 bits per heavy atom. The Hall–Kier alpha value is -3.16. The van der Waals surface area contributed by atoms with Crippen LogP contribution >= 0.6 is 11.6 Å². The third-order valence-corrected chi connectivity index (χ3v) is 5.69. The minimum atomic E-state index is -0.319. The topological polar surface area (TPSA) is 64.8 Å². The van der Waals surface area contributed by atoms with E-state index in [1.807, 2.05) is 6.07 Å². The molecule has 32 heavy (non-hydrogen) atoms. The molecule has 8 heteroatoms. The molecule has 1 aromatic heterocycles. The number of hydrogen-bond acceptors (Lipinski definition) is 5. The highest BCUT2D eigenvalue weighted by Gasteiger charge is 2.29. The molecule has 2 aromatic carbocycles. The molecule has 0 atom stereocenters. The van der Waals surface area contributed by atoms with E-state index in [9.17, 15) is 9.18 Å². The number of carbonyl (C=O) groups excluding carboxylic acids is 1. The summed E-state index contributed by atoms with van der Waals surface area (Å²) in [5.41, 5.74) is 2.97. The van der Waals surface area contributed by atoms with Crippen molar-refractivity contribution in [2.24, 2.45) is 0 Å². The molecule has 0 aliphatic carbocycles. The van der Waals surface area contributed by atoms with Crippen LogP contribution < -0.4 is 9.64 Å². The van der Waals surface area contributed by atoms with E-state index in [-0.39, 0.29) is 24.7 Å². The Labute approximate surface area is 190 Å². The zero-order valence-corrected chi connectivity index (χ0v) is 18.5. The maximum Gasteiger partial charge on any atom is 0.231 e. The number of nitrogens with zero attached hydrogens (tertiary/aromatic N) is 2. The number of amides is 1. The van der Waals surface area contributed by atoms with Gasteiger partial charge in [0.2, 0.25) is 5.91 Å². The van der Waals surface area contributed by atoms with Gasteiger partial charge in [0.25, 0.3) is 0 Å². The maximum atomic E-state index is 14.2. The first-order valence-corrected chi connectivity index (χ1v) is 10.4.